The molecule has 0 aliphatic carbocycles. The molecular formula is C12H26N2O. The molecule has 90 valence electrons. The fourth-order valence-electron chi connectivity index (χ4n) is 2.09. The largest absolute Gasteiger partial charge is 0.381 e. The van der Waals surface area contributed by atoms with Gasteiger partial charge in [0.05, 0.1) is 0 Å². The molecule has 1 heterocycles. The van der Waals surface area contributed by atoms with Crippen molar-refractivity contribution in [3.63, 3.8) is 0 Å². The lowest BCUT2D eigenvalue weighted by Crippen LogP contribution is -2.37. The number of nitrogens with zero attached hydrogens (tertiary/aromatic N) is 1. The van der Waals surface area contributed by atoms with Crippen LogP contribution in [0.2, 0.25) is 0 Å². The van der Waals surface area contributed by atoms with Crippen LogP contribution in [0.3, 0.4) is 0 Å². The van der Waals surface area contributed by atoms with E-state index in [1.165, 1.54) is 32.5 Å². The van der Waals surface area contributed by atoms with Crippen molar-refractivity contribution in [3.8, 4) is 0 Å². The number of ether oxygens (including phenoxy) is 1. The van der Waals surface area contributed by atoms with Crippen molar-refractivity contribution in [3.05, 3.63) is 0 Å². The Kier molecular flexibility index (Phi) is 6.98. The van der Waals surface area contributed by atoms with E-state index in [1.54, 1.807) is 0 Å². The quantitative estimate of drug-likeness (QED) is 0.647. The average molecular weight is 214 g/mol. The Labute approximate surface area is 94.2 Å². The van der Waals surface area contributed by atoms with Crippen molar-refractivity contribution in [2.45, 2.75) is 26.7 Å². The van der Waals surface area contributed by atoms with Crippen molar-refractivity contribution in [1.29, 1.82) is 0 Å². The summed E-state index contributed by atoms with van der Waals surface area (Å²) in [4.78, 5) is 2.55. The summed E-state index contributed by atoms with van der Waals surface area (Å²) in [6, 6.07) is 0. The van der Waals surface area contributed by atoms with E-state index < -0.39 is 0 Å². The van der Waals surface area contributed by atoms with Crippen LogP contribution in [0.1, 0.15) is 26.7 Å². The zero-order valence-corrected chi connectivity index (χ0v) is 10.3. The summed E-state index contributed by atoms with van der Waals surface area (Å²) in [7, 11) is 0. The highest BCUT2D eigenvalue weighted by atomic mass is 16.5. The SMILES string of the molecule is CCNCCN(CC)CC1CCOCC1. The Morgan fingerprint density at radius 3 is 2.60 bits per heavy atom. The minimum Gasteiger partial charge on any atom is -0.381 e. The van der Waals surface area contributed by atoms with E-state index in [9.17, 15) is 0 Å². The molecule has 0 bridgehead atoms. The first kappa shape index (κ1) is 12.9. The van der Waals surface area contributed by atoms with Crippen LogP contribution in [0.5, 0.6) is 0 Å². The molecule has 15 heavy (non-hydrogen) atoms. The van der Waals surface area contributed by atoms with Gasteiger partial charge < -0.3 is 15.0 Å². The molecule has 0 radical (unpaired) electrons. The molecule has 1 aliphatic heterocycles. The molecule has 3 heteroatoms. The van der Waals surface area contributed by atoms with Gasteiger partial charge in [-0.15, -0.1) is 0 Å². The van der Waals surface area contributed by atoms with E-state index in [1.807, 2.05) is 0 Å². The highest BCUT2D eigenvalue weighted by molar-refractivity contribution is 4.69. The molecule has 0 aromatic heterocycles. The Hall–Kier alpha value is -0.120. The normalized spacial score (nSPS) is 18.6. The summed E-state index contributed by atoms with van der Waals surface area (Å²) in [6.07, 6.45) is 2.50. The van der Waals surface area contributed by atoms with Gasteiger partial charge >= 0.3 is 0 Å². The first-order valence-corrected chi connectivity index (χ1v) is 6.37. The summed E-state index contributed by atoms with van der Waals surface area (Å²) < 4.78 is 5.38. The molecule has 1 rings (SSSR count). The van der Waals surface area contributed by atoms with Crippen LogP contribution >= 0.6 is 0 Å². The monoisotopic (exact) mass is 214 g/mol. The zero-order chi connectivity index (χ0) is 10.9. The van der Waals surface area contributed by atoms with E-state index in [4.69, 9.17) is 4.74 Å². The number of hydrogen-bond acceptors (Lipinski definition) is 3. The Bertz CT molecular complexity index is 147. The van der Waals surface area contributed by atoms with Gasteiger partial charge in [-0.1, -0.05) is 13.8 Å². The third-order valence-corrected chi connectivity index (χ3v) is 3.16. The van der Waals surface area contributed by atoms with Crippen LogP contribution in [0.4, 0.5) is 0 Å². The standard InChI is InChI=1S/C12H26N2O/c1-3-13-7-8-14(4-2)11-12-5-9-15-10-6-12/h12-13H,3-11H2,1-2H3. The van der Waals surface area contributed by atoms with Crippen molar-refractivity contribution >= 4 is 0 Å². The molecule has 0 amide bonds. The van der Waals surface area contributed by atoms with Gasteiger partial charge in [-0.25, -0.2) is 0 Å². The topological polar surface area (TPSA) is 24.5 Å². The van der Waals surface area contributed by atoms with Crippen molar-refractivity contribution in [2.24, 2.45) is 5.92 Å². The zero-order valence-electron chi connectivity index (χ0n) is 10.3. The number of nitrogens with one attached hydrogen (secondary N) is 1. The summed E-state index contributed by atoms with van der Waals surface area (Å²) in [5, 5.41) is 3.38. The van der Waals surface area contributed by atoms with Crippen LogP contribution in [-0.4, -0.2) is 50.8 Å². The second-order valence-corrected chi connectivity index (χ2v) is 4.30. The lowest BCUT2D eigenvalue weighted by Gasteiger charge is -2.29. The van der Waals surface area contributed by atoms with Crippen LogP contribution in [-0.2, 0) is 4.74 Å². The van der Waals surface area contributed by atoms with Crippen molar-refractivity contribution in [1.82, 2.24) is 10.2 Å². The van der Waals surface area contributed by atoms with E-state index in [0.717, 1.165) is 32.2 Å². The lowest BCUT2D eigenvalue weighted by molar-refractivity contribution is 0.0533. The maximum atomic E-state index is 5.38. The van der Waals surface area contributed by atoms with Crippen LogP contribution < -0.4 is 5.32 Å². The smallest absolute Gasteiger partial charge is 0.0469 e. The van der Waals surface area contributed by atoms with Gasteiger partial charge in [-0.05, 0) is 31.8 Å². The van der Waals surface area contributed by atoms with Gasteiger partial charge in [0.15, 0.2) is 0 Å². The van der Waals surface area contributed by atoms with Gasteiger partial charge in [-0.3, -0.25) is 0 Å². The van der Waals surface area contributed by atoms with E-state index >= 15 is 0 Å². The minimum atomic E-state index is 0.861. The molecule has 0 aromatic rings. The lowest BCUT2D eigenvalue weighted by atomic mass is 10.00. The summed E-state index contributed by atoms with van der Waals surface area (Å²) in [6.45, 7) is 12.2. The fraction of sp³-hybridized carbons (Fsp3) is 1.00. The minimum absolute atomic E-state index is 0.861. The first-order chi connectivity index (χ1) is 7.36. The van der Waals surface area contributed by atoms with Crippen molar-refractivity contribution < 1.29 is 4.74 Å². The van der Waals surface area contributed by atoms with Gasteiger partial charge in [0, 0.05) is 32.8 Å². The molecule has 0 atom stereocenters. The molecule has 0 unspecified atom stereocenters. The Balaban J connectivity index is 2.13. The third kappa shape index (κ3) is 5.50. The molecule has 0 saturated carbocycles. The van der Waals surface area contributed by atoms with Crippen molar-refractivity contribution in [2.75, 3.05) is 45.9 Å². The maximum absolute atomic E-state index is 5.38. The Morgan fingerprint density at radius 2 is 2.00 bits per heavy atom. The summed E-state index contributed by atoms with van der Waals surface area (Å²) in [5.41, 5.74) is 0. The molecule has 3 nitrogen and oxygen atoms in total. The van der Waals surface area contributed by atoms with Crippen LogP contribution in [0.25, 0.3) is 0 Å². The average Bonchev–Trinajstić information content (AvgIpc) is 2.29. The molecule has 1 saturated heterocycles. The van der Waals surface area contributed by atoms with Gasteiger partial charge in [0.25, 0.3) is 0 Å². The maximum Gasteiger partial charge on any atom is 0.0469 e. The number of rotatable bonds is 7. The van der Waals surface area contributed by atoms with Crippen LogP contribution in [0, 0.1) is 5.92 Å². The van der Waals surface area contributed by atoms with E-state index in [2.05, 4.69) is 24.1 Å². The molecular weight excluding hydrogens is 188 g/mol. The predicted octanol–water partition coefficient (Wildman–Crippen LogP) is 1.34. The molecule has 0 aromatic carbocycles. The fourth-order valence-corrected chi connectivity index (χ4v) is 2.09. The van der Waals surface area contributed by atoms with E-state index in [0.29, 0.717) is 0 Å². The second-order valence-electron chi connectivity index (χ2n) is 4.30. The Morgan fingerprint density at radius 1 is 1.27 bits per heavy atom. The second kappa shape index (κ2) is 8.08. The van der Waals surface area contributed by atoms with Gasteiger partial charge in [0.2, 0.25) is 0 Å². The molecule has 1 aliphatic rings. The third-order valence-electron chi connectivity index (χ3n) is 3.16. The van der Waals surface area contributed by atoms with Gasteiger partial charge in [-0.2, -0.15) is 0 Å². The molecule has 0 spiro atoms. The van der Waals surface area contributed by atoms with E-state index in [-0.39, 0.29) is 0 Å². The number of hydrogen-bond donors (Lipinski definition) is 1. The molecule has 1 N–H and O–H groups in total. The highest BCUT2D eigenvalue weighted by Crippen LogP contribution is 2.15. The highest BCUT2D eigenvalue weighted by Gasteiger charge is 2.16. The summed E-state index contributed by atoms with van der Waals surface area (Å²) >= 11 is 0. The van der Waals surface area contributed by atoms with Gasteiger partial charge in [0.1, 0.15) is 0 Å². The number of likely N-dealkylation sites (N-methyl/N-ethyl adjacent to an activating group) is 2. The first-order valence-electron chi connectivity index (χ1n) is 6.37. The summed E-state index contributed by atoms with van der Waals surface area (Å²) in [5.74, 6) is 0.861. The molecule has 1 fully saturated rings. The predicted molar refractivity (Wildman–Crippen MR) is 64.2 cm³/mol. The van der Waals surface area contributed by atoms with Crippen LogP contribution in [0.15, 0.2) is 0 Å².